The largest absolute Gasteiger partial charge is 0.350 e. The van der Waals surface area contributed by atoms with E-state index in [0.717, 1.165) is 36.8 Å². The lowest BCUT2D eigenvalue weighted by molar-refractivity contribution is -0.129. The lowest BCUT2D eigenvalue weighted by atomic mass is 9.74. The standard InChI is InChI=1S/C25H32N2O3/c1-3-16-12-20-19(10-11-22(20)28)21(13-16)23(29)27-25(14-18(25)4-2)24(30)26-15-17-8-6-5-7-9-17/h5-9,13,16,18-20H,3-4,10-12,14-15H2,1-2H3,(H,26,30)(H,27,29)/t16-,18+,19+,20+,25+/m1/s1. The van der Waals surface area contributed by atoms with Crippen LogP contribution in [0.25, 0.3) is 0 Å². The van der Waals surface area contributed by atoms with E-state index in [1.807, 2.05) is 30.3 Å². The molecule has 0 aliphatic heterocycles. The first-order chi connectivity index (χ1) is 14.5. The second-order valence-electron chi connectivity index (χ2n) is 9.15. The van der Waals surface area contributed by atoms with Gasteiger partial charge in [-0.1, -0.05) is 56.7 Å². The zero-order valence-corrected chi connectivity index (χ0v) is 17.9. The average Bonchev–Trinajstić information content (AvgIpc) is 3.37. The molecule has 0 spiro atoms. The molecule has 0 heterocycles. The first-order valence-electron chi connectivity index (χ1n) is 11.4. The van der Waals surface area contributed by atoms with E-state index >= 15 is 0 Å². The number of amides is 2. The van der Waals surface area contributed by atoms with Crippen LogP contribution in [0.1, 0.15) is 57.9 Å². The third-order valence-electron chi connectivity index (χ3n) is 7.39. The van der Waals surface area contributed by atoms with E-state index in [4.69, 9.17) is 0 Å². The third-order valence-corrected chi connectivity index (χ3v) is 7.39. The van der Waals surface area contributed by atoms with Crippen molar-refractivity contribution in [3.05, 3.63) is 47.5 Å². The second kappa shape index (κ2) is 8.37. The highest BCUT2D eigenvalue weighted by Crippen LogP contribution is 2.48. The van der Waals surface area contributed by atoms with Gasteiger partial charge in [-0.3, -0.25) is 14.4 Å². The molecule has 160 valence electrons. The van der Waals surface area contributed by atoms with Gasteiger partial charge in [-0.25, -0.2) is 0 Å². The Hall–Kier alpha value is -2.43. The molecule has 5 heteroatoms. The van der Waals surface area contributed by atoms with Crippen LogP contribution in [0.15, 0.2) is 42.0 Å². The lowest BCUT2D eigenvalue weighted by Gasteiger charge is -2.31. The summed E-state index contributed by atoms with van der Waals surface area (Å²) < 4.78 is 0. The Balaban J connectivity index is 1.48. The van der Waals surface area contributed by atoms with Crippen molar-refractivity contribution in [1.82, 2.24) is 10.6 Å². The Morgan fingerprint density at radius 2 is 1.87 bits per heavy atom. The Bertz CT molecular complexity index is 862. The lowest BCUT2D eigenvalue weighted by Crippen LogP contribution is -2.51. The van der Waals surface area contributed by atoms with Crippen molar-refractivity contribution in [2.24, 2.45) is 23.7 Å². The quantitative estimate of drug-likeness (QED) is 0.725. The molecule has 5 atom stereocenters. The summed E-state index contributed by atoms with van der Waals surface area (Å²) in [7, 11) is 0. The van der Waals surface area contributed by atoms with Crippen LogP contribution in [0.3, 0.4) is 0 Å². The summed E-state index contributed by atoms with van der Waals surface area (Å²) in [5.74, 6) is 0.457. The van der Waals surface area contributed by atoms with Crippen molar-refractivity contribution in [1.29, 1.82) is 0 Å². The van der Waals surface area contributed by atoms with Crippen LogP contribution in [0.4, 0.5) is 0 Å². The van der Waals surface area contributed by atoms with Crippen molar-refractivity contribution in [3.8, 4) is 0 Å². The fraction of sp³-hybridized carbons (Fsp3) is 0.560. The predicted octanol–water partition coefficient (Wildman–Crippen LogP) is 3.54. The van der Waals surface area contributed by atoms with E-state index in [1.165, 1.54) is 0 Å². The first kappa shape index (κ1) is 20.8. The van der Waals surface area contributed by atoms with E-state index in [2.05, 4.69) is 30.6 Å². The highest BCUT2D eigenvalue weighted by atomic mass is 16.2. The number of allylic oxidation sites excluding steroid dienone is 1. The van der Waals surface area contributed by atoms with Gasteiger partial charge in [0.1, 0.15) is 11.3 Å². The molecule has 1 aromatic carbocycles. The maximum atomic E-state index is 13.3. The van der Waals surface area contributed by atoms with E-state index in [1.54, 1.807) is 0 Å². The number of hydrogen-bond donors (Lipinski definition) is 2. The van der Waals surface area contributed by atoms with E-state index < -0.39 is 5.54 Å². The van der Waals surface area contributed by atoms with Gasteiger partial charge in [-0.15, -0.1) is 0 Å². The number of nitrogens with one attached hydrogen (secondary N) is 2. The number of rotatable bonds is 7. The molecule has 2 amide bonds. The van der Waals surface area contributed by atoms with Crippen LogP contribution in [-0.4, -0.2) is 23.1 Å². The number of Topliss-reactive ketones (excluding diaryl/α,β-unsaturated/α-hetero) is 1. The molecule has 1 aromatic rings. The van der Waals surface area contributed by atoms with E-state index in [9.17, 15) is 14.4 Å². The summed E-state index contributed by atoms with van der Waals surface area (Å²) in [6, 6.07) is 9.80. The molecule has 2 saturated carbocycles. The summed E-state index contributed by atoms with van der Waals surface area (Å²) in [4.78, 5) is 38.8. The van der Waals surface area contributed by atoms with Gasteiger partial charge < -0.3 is 10.6 Å². The Labute approximate surface area is 178 Å². The van der Waals surface area contributed by atoms with Gasteiger partial charge in [0.2, 0.25) is 11.8 Å². The summed E-state index contributed by atoms with van der Waals surface area (Å²) in [5, 5.41) is 6.14. The molecule has 3 aliphatic carbocycles. The molecule has 4 rings (SSSR count). The molecule has 3 aliphatic rings. The van der Waals surface area contributed by atoms with E-state index in [0.29, 0.717) is 25.2 Å². The smallest absolute Gasteiger partial charge is 0.248 e. The van der Waals surface area contributed by atoms with Gasteiger partial charge in [0.15, 0.2) is 0 Å². The maximum Gasteiger partial charge on any atom is 0.248 e. The summed E-state index contributed by atoms with van der Waals surface area (Å²) >= 11 is 0. The summed E-state index contributed by atoms with van der Waals surface area (Å²) in [6.07, 6.45) is 6.70. The molecule has 0 radical (unpaired) electrons. The van der Waals surface area contributed by atoms with Crippen molar-refractivity contribution in [2.45, 2.75) is 64.5 Å². The molecular weight excluding hydrogens is 376 g/mol. The minimum Gasteiger partial charge on any atom is -0.350 e. The molecule has 0 saturated heterocycles. The van der Waals surface area contributed by atoms with Gasteiger partial charge in [0.25, 0.3) is 0 Å². The topological polar surface area (TPSA) is 75.3 Å². The Kier molecular flexibility index (Phi) is 5.81. The second-order valence-corrected chi connectivity index (χ2v) is 9.15. The number of ketones is 1. The monoisotopic (exact) mass is 408 g/mol. The van der Waals surface area contributed by atoms with Crippen LogP contribution in [-0.2, 0) is 20.9 Å². The Morgan fingerprint density at radius 1 is 1.10 bits per heavy atom. The molecule has 30 heavy (non-hydrogen) atoms. The molecule has 0 aromatic heterocycles. The zero-order chi connectivity index (χ0) is 21.3. The minimum absolute atomic E-state index is 0.0172. The van der Waals surface area contributed by atoms with Crippen LogP contribution in [0.2, 0.25) is 0 Å². The first-order valence-corrected chi connectivity index (χ1v) is 11.4. The normalized spacial score (nSPS) is 32.2. The molecular formula is C25H32N2O3. The van der Waals surface area contributed by atoms with Gasteiger partial charge in [0.05, 0.1) is 0 Å². The van der Waals surface area contributed by atoms with E-state index in [-0.39, 0.29) is 35.5 Å². The fourth-order valence-electron chi connectivity index (χ4n) is 5.40. The molecule has 0 unspecified atom stereocenters. The van der Waals surface area contributed by atoms with Crippen LogP contribution in [0, 0.1) is 23.7 Å². The van der Waals surface area contributed by atoms with Gasteiger partial charge in [0, 0.05) is 24.5 Å². The van der Waals surface area contributed by atoms with Gasteiger partial charge in [-0.2, -0.15) is 0 Å². The predicted molar refractivity (Wildman–Crippen MR) is 115 cm³/mol. The summed E-state index contributed by atoms with van der Waals surface area (Å²) in [6.45, 7) is 4.61. The molecule has 2 N–H and O–H groups in total. The van der Waals surface area contributed by atoms with Crippen molar-refractivity contribution in [2.75, 3.05) is 0 Å². The molecule has 2 fully saturated rings. The van der Waals surface area contributed by atoms with Crippen molar-refractivity contribution >= 4 is 17.6 Å². The van der Waals surface area contributed by atoms with Crippen LogP contribution < -0.4 is 10.6 Å². The maximum absolute atomic E-state index is 13.3. The third kappa shape index (κ3) is 3.82. The van der Waals surface area contributed by atoms with Gasteiger partial charge in [-0.05, 0) is 49.0 Å². The number of carbonyl (C=O) groups is 3. The van der Waals surface area contributed by atoms with Crippen LogP contribution >= 0.6 is 0 Å². The number of benzene rings is 1. The molecule has 0 bridgehead atoms. The Morgan fingerprint density at radius 3 is 2.53 bits per heavy atom. The minimum atomic E-state index is -0.821. The number of fused-ring (bicyclic) bond motifs is 1. The van der Waals surface area contributed by atoms with Crippen molar-refractivity contribution < 1.29 is 14.4 Å². The summed E-state index contributed by atoms with van der Waals surface area (Å²) in [5.41, 5.74) is 0.952. The highest BCUT2D eigenvalue weighted by Gasteiger charge is 2.60. The molecule has 5 nitrogen and oxygen atoms in total. The van der Waals surface area contributed by atoms with Gasteiger partial charge >= 0.3 is 0 Å². The SMILES string of the molecule is CC[C@H]1C=C(C(=O)N[C@@]2(C(=O)NCc3ccccc3)C[C@@H]2CC)[C@H]2CCC(=O)[C@H]2C1. The average molecular weight is 409 g/mol. The fourth-order valence-corrected chi connectivity index (χ4v) is 5.40. The highest BCUT2D eigenvalue weighted by molar-refractivity contribution is 6.02. The van der Waals surface area contributed by atoms with Crippen molar-refractivity contribution in [3.63, 3.8) is 0 Å². The zero-order valence-electron chi connectivity index (χ0n) is 17.9. The van der Waals surface area contributed by atoms with Crippen LogP contribution in [0.5, 0.6) is 0 Å². The number of carbonyl (C=O) groups excluding carboxylic acids is 3. The number of hydrogen-bond acceptors (Lipinski definition) is 3.